The molecule has 0 spiro atoms. The molecule has 0 atom stereocenters. The van der Waals surface area contributed by atoms with Crippen LogP contribution in [0.1, 0.15) is 29.3 Å². The summed E-state index contributed by atoms with van der Waals surface area (Å²) in [7, 11) is 3.10. The first kappa shape index (κ1) is 19.8. The molecule has 0 saturated heterocycles. The minimum atomic E-state index is -0.475. The van der Waals surface area contributed by atoms with Gasteiger partial charge in [0.1, 0.15) is 0 Å². The first-order valence-electron chi connectivity index (χ1n) is 8.75. The van der Waals surface area contributed by atoms with E-state index in [9.17, 15) is 10.0 Å². The van der Waals surface area contributed by atoms with Crippen LogP contribution >= 0.6 is 11.6 Å². The number of carbonyl (C=O) groups excluding carboxylic acids is 1. The number of oxime groups is 1. The van der Waals surface area contributed by atoms with Crippen LogP contribution in [0.5, 0.6) is 11.5 Å². The second-order valence-electron chi connectivity index (χ2n) is 6.06. The molecule has 1 heterocycles. The molecule has 0 amide bonds. The Hall–Kier alpha value is -2.93. The standard InChI is InChI=1S/C20H21ClN2O5/c1-4-28-20(24)13-9-12(5-6-15(13)21)23-8-7-16(22-25)14-10-18(26-2)19(27-3)11-17(14)23/h5-6,9-11,25H,4,7-8H2,1-3H3/b22-16+. The van der Waals surface area contributed by atoms with Crippen molar-refractivity contribution in [2.75, 3.05) is 32.3 Å². The number of halogens is 1. The third kappa shape index (κ3) is 3.57. The van der Waals surface area contributed by atoms with E-state index in [0.717, 1.165) is 16.9 Å². The van der Waals surface area contributed by atoms with E-state index in [1.807, 2.05) is 17.0 Å². The van der Waals surface area contributed by atoms with E-state index in [-0.39, 0.29) is 6.61 Å². The second-order valence-corrected chi connectivity index (χ2v) is 6.46. The number of hydrogen-bond acceptors (Lipinski definition) is 7. The van der Waals surface area contributed by atoms with Crippen molar-refractivity contribution in [1.29, 1.82) is 0 Å². The topological polar surface area (TPSA) is 80.6 Å². The Labute approximate surface area is 168 Å². The van der Waals surface area contributed by atoms with Crippen molar-refractivity contribution in [3.8, 4) is 11.5 Å². The summed E-state index contributed by atoms with van der Waals surface area (Å²) in [6.45, 7) is 2.55. The van der Waals surface area contributed by atoms with Gasteiger partial charge in [0.2, 0.25) is 0 Å². The average Bonchev–Trinajstić information content (AvgIpc) is 2.72. The van der Waals surface area contributed by atoms with Crippen molar-refractivity contribution in [2.24, 2.45) is 5.16 Å². The summed E-state index contributed by atoms with van der Waals surface area (Å²) in [5, 5.41) is 13.2. The highest BCUT2D eigenvalue weighted by molar-refractivity contribution is 6.33. The average molecular weight is 405 g/mol. The van der Waals surface area contributed by atoms with E-state index in [2.05, 4.69) is 5.16 Å². The highest BCUT2D eigenvalue weighted by atomic mass is 35.5. The van der Waals surface area contributed by atoms with E-state index in [1.54, 1.807) is 39.3 Å². The first-order chi connectivity index (χ1) is 13.5. The number of ether oxygens (including phenoxy) is 3. The minimum Gasteiger partial charge on any atom is -0.493 e. The fourth-order valence-electron chi connectivity index (χ4n) is 3.21. The molecular formula is C20H21ClN2O5. The van der Waals surface area contributed by atoms with Crippen LogP contribution in [0, 0.1) is 0 Å². The summed E-state index contributed by atoms with van der Waals surface area (Å²) in [6.07, 6.45) is 0.510. The predicted molar refractivity (Wildman–Crippen MR) is 107 cm³/mol. The summed E-state index contributed by atoms with van der Waals surface area (Å²) in [4.78, 5) is 14.2. The molecule has 28 heavy (non-hydrogen) atoms. The van der Waals surface area contributed by atoms with Crippen molar-refractivity contribution < 1.29 is 24.2 Å². The number of rotatable bonds is 5. The van der Waals surface area contributed by atoms with Gasteiger partial charge in [0.25, 0.3) is 0 Å². The van der Waals surface area contributed by atoms with Gasteiger partial charge in [0.15, 0.2) is 11.5 Å². The zero-order valence-electron chi connectivity index (χ0n) is 15.9. The molecule has 7 nitrogen and oxygen atoms in total. The van der Waals surface area contributed by atoms with Gasteiger partial charge in [0.05, 0.1) is 42.8 Å². The predicted octanol–water partition coefficient (Wildman–Crippen LogP) is 4.25. The normalized spacial score (nSPS) is 14.6. The van der Waals surface area contributed by atoms with Gasteiger partial charge >= 0.3 is 5.97 Å². The van der Waals surface area contributed by atoms with E-state index < -0.39 is 5.97 Å². The maximum absolute atomic E-state index is 12.2. The van der Waals surface area contributed by atoms with Crippen molar-refractivity contribution >= 4 is 34.7 Å². The highest BCUT2D eigenvalue weighted by Gasteiger charge is 2.27. The lowest BCUT2D eigenvalue weighted by Crippen LogP contribution is -2.29. The van der Waals surface area contributed by atoms with Crippen LogP contribution in [0.15, 0.2) is 35.5 Å². The number of methoxy groups -OCH3 is 2. The summed E-state index contributed by atoms with van der Waals surface area (Å²) in [5.41, 5.74) is 3.10. The third-order valence-electron chi connectivity index (χ3n) is 4.55. The van der Waals surface area contributed by atoms with Gasteiger partial charge in [-0.25, -0.2) is 4.79 Å². The number of esters is 1. The Bertz CT molecular complexity index is 929. The van der Waals surface area contributed by atoms with E-state index in [0.29, 0.717) is 40.8 Å². The van der Waals surface area contributed by atoms with Crippen LogP contribution in [0.4, 0.5) is 11.4 Å². The van der Waals surface area contributed by atoms with Crippen LogP contribution in [-0.4, -0.2) is 44.3 Å². The van der Waals surface area contributed by atoms with Gasteiger partial charge in [-0.05, 0) is 31.2 Å². The van der Waals surface area contributed by atoms with Crippen LogP contribution in [-0.2, 0) is 4.74 Å². The van der Waals surface area contributed by atoms with Crippen LogP contribution in [0.3, 0.4) is 0 Å². The minimum absolute atomic E-state index is 0.263. The maximum atomic E-state index is 12.2. The first-order valence-corrected chi connectivity index (χ1v) is 9.13. The van der Waals surface area contributed by atoms with Crippen molar-refractivity contribution in [2.45, 2.75) is 13.3 Å². The van der Waals surface area contributed by atoms with E-state index >= 15 is 0 Å². The largest absolute Gasteiger partial charge is 0.493 e. The van der Waals surface area contributed by atoms with Gasteiger partial charge < -0.3 is 24.3 Å². The highest BCUT2D eigenvalue weighted by Crippen LogP contribution is 2.41. The molecule has 2 aromatic carbocycles. The number of hydrogen-bond donors (Lipinski definition) is 1. The zero-order chi connectivity index (χ0) is 20.3. The maximum Gasteiger partial charge on any atom is 0.339 e. The lowest BCUT2D eigenvalue weighted by Gasteiger charge is -2.32. The van der Waals surface area contributed by atoms with Crippen LogP contribution < -0.4 is 14.4 Å². The third-order valence-corrected chi connectivity index (χ3v) is 4.88. The lowest BCUT2D eigenvalue weighted by molar-refractivity contribution is 0.0526. The summed E-state index contributed by atoms with van der Waals surface area (Å²) >= 11 is 6.19. The molecule has 0 bridgehead atoms. The Balaban J connectivity index is 2.12. The van der Waals surface area contributed by atoms with Crippen molar-refractivity contribution in [1.82, 2.24) is 0 Å². The van der Waals surface area contributed by atoms with E-state index in [4.69, 9.17) is 25.8 Å². The Morgan fingerprint density at radius 3 is 2.57 bits per heavy atom. The zero-order valence-corrected chi connectivity index (χ0v) is 16.6. The lowest BCUT2D eigenvalue weighted by atomic mass is 9.97. The molecule has 0 aromatic heterocycles. The van der Waals surface area contributed by atoms with Gasteiger partial charge in [-0.15, -0.1) is 0 Å². The van der Waals surface area contributed by atoms with Crippen LogP contribution in [0.25, 0.3) is 0 Å². The fraction of sp³-hybridized carbons (Fsp3) is 0.300. The number of fused-ring (bicyclic) bond motifs is 1. The molecule has 8 heteroatoms. The Morgan fingerprint density at radius 1 is 1.21 bits per heavy atom. The van der Waals surface area contributed by atoms with Crippen LogP contribution in [0.2, 0.25) is 5.02 Å². The smallest absolute Gasteiger partial charge is 0.339 e. The van der Waals surface area contributed by atoms with Crippen molar-refractivity contribution in [3.63, 3.8) is 0 Å². The molecule has 148 valence electrons. The fourth-order valence-corrected chi connectivity index (χ4v) is 3.41. The molecular weight excluding hydrogens is 384 g/mol. The number of benzene rings is 2. The quantitative estimate of drug-likeness (QED) is 0.455. The summed E-state index contributed by atoms with van der Waals surface area (Å²) in [6, 6.07) is 8.78. The molecule has 0 radical (unpaired) electrons. The molecule has 0 saturated carbocycles. The number of anilines is 2. The SMILES string of the molecule is CCOC(=O)c1cc(N2CC/C(=N\O)c3cc(OC)c(OC)cc32)ccc1Cl. The molecule has 0 aliphatic carbocycles. The van der Waals surface area contributed by atoms with Gasteiger partial charge in [-0.1, -0.05) is 16.8 Å². The molecule has 0 unspecified atom stereocenters. The van der Waals surface area contributed by atoms with Gasteiger partial charge in [-0.2, -0.15) is 0 Å². The molecule has 2 aromatic rings. The summed E-state index contributed by atoms with van der Waals surface area (Å²) in [5.74, 6) is 0.606. The Kier molecular flexibility index (Phi) is 5.94. The van der Waals surface area contributed by atoms with Crippen molar-refractivity contribution in [3.05, 3.63) is 46.5 Å². The summed E-state index contributed by atoms with van der Waals surface area (Å²) < 4.78 is 15.9. The second kappa shape index (κ2) is 8.39. The number of nitrogens with zero attached hydrogens (tertiary/aromatic N) is 2. The molecule has 3 rings (SSSR count). The molecule has 1 aliphatic heterocycles. The van der Waals surface area contributed by atoms with Gasteiger partial charge in [-0.3, -0.25) is 0 Å². The van der Waals surface area contributed by atoms with Gasteiger partial charge in [0, 0.05) is 30.3 Å². The monoisotopic (exact) mass is 404 g/mol. The molecule has 0 fully saturated rings. The van der Waals surface area contributed by atoms with E-state index in [1.165, 1.54) is 0 Å². The molecule has 1 aliphatic rings. The molecule has 1 N–H and O–H groups in total. The number of carbonyl (C=O) groups is 1. The Morgan fingerprint density at radius 2 is 1.93 bits per heavy atom.